The van der Waals surface area contributed by atoms with Crippen molar-refractivity contribution in [1.29, 1.82) is 0 Å². The summed E-state index contributed by atoms with van der Waals surface area (Å²) < 4.78 is 9.66. The van der Waals surface area contributed by atoms with E-state index in [9.17, 15) is 14.4 Å². The number of carbonyl (C=O) groups excluding carboxylic acids is 2. The van der Waals surface area contributed by atoms with Crippen LogP contribution >= 0.6 is 0 Å². The molecular weight excluding hydrogens is 336 g/mol. The molecule has 0 fully saturated rings. The second kappa shape index (κ2) is 7.10. The molecule has 2 heterocycles. The van der Waals surface area contributed by atoms with E-state index in [0.717, 1.165) is 5.39 Å². The number of benzene rings is 1. The monoisotopic (exact) mass is 352 g/mol. The Morgan fingerprint density at radius 3 is 2.50 bits per heavy atom. The lowest BCUT2D eigenvalue weighted by Gasteiger charge is -2.24. The van der Waals surface area contributed by atoms with Gasteiger partial charge < -0.3 is 19.4 Å². The number of H-pyrrole nitrogens is 1. The van der Waals surface area contributed by atoms with E-state index in [-0.39, 0.29) is 16.8 Å². The number of esters is 2. The van der Waals surface area contributed by atoms with Crippen LogP contribution in [0.2, 0.25) is 0 Å². The fourth-order valence-corrected chi connectivity index (χ4v) is 2.71. The van der Waals surface area contributed by atoms with Crippen molar-refractivity contribution in [3.63, 3.8) is 0 Å². The molecule has 0 radical (unpaired) electrons. The lowest BCUT2D eigenvalue weighted by Crippen LogP contribution is -2.27. The molecule has 3 rings (SSSR count). The van der Waals surface area contributed by atoms with Crippen LogP contribution in [0.4, 0.5) is 5.69 Å². The molecule has 26 heavy (non-hydrogen) atoms. The number of aromatic nitrogens is 1. The minimum absolute atomic E-state index is 0.0125. The fraction of sp³-hybridized carbons (Fsp3) is 0.105. The van der Waals surface area contributed by atoms with Gasteiger partial charge in [0.05, 0.1) is 31.0 Å². The van der Waals surface area contributed by atoms with Crippen molar-refractivity contribution < 1.29 is 19.1 Å². The molecule has 7 heteroatoms. The van der Waals surface area contributed by atoms with Gasteiger partial charge in [-0.25, -0.2) is 9.59 Å². The van der Waals surface area contributed by atoms with Crippen LogP contribution in [-0.2, 0) is 19.1 Å². The zero-order chi connectivity index (χ0) is 18.7. The minimum atomic E-state index is -0.711. The third-order valence-electron chi connectivity index (χ3n) is 3.89. The van der Waals surface area contributed by atoms with Crippen molar-refractivity contribution >= 4 is 28.5 Å². The van der Waals surface area contributed by atoms with Crippen LogP contribution in [0.15, 0.2) is 70.8 Å². The van der Waals surface area contributed by atoms with Crippen molar-refractivity contribution in [2.45, 2.75) is 0 Å². The van der Waals surface area contributed by atoms with Gasteiger partial charge in [0.1, 0.15) is 5.70 Å². The zero-order valence-electron chi connectivity index (χ0n) is 14.2. The van der Waals surface area contributed by atoms with Gasteiger partial charge in [-0.1, -0.05) is 18.2 Å². The highest BCUT2D eigenvalue weighted by molar-refractivity contribution is 6.07. The van der Waals surface area contributed by atoms with Crippen molar-refractivity contribution in [2.75, 3.05) is 19.1 Å². The Morgan fingerprint density at radius 1 is 1.00 bits per heavy atom. The zero-order valence-corrected chi connectivity index (χ0v) is 14.2. The first-order valence-electron chi connectivity index (χ1n) is 7.74. The Bertz CT molecular complexity index is 1030. The topological polar surface area (TPSA) is 88.7 Å². The molecule has 1 N–H and O–H groups in total. The maximum atomic E-state index is 12.5. The van der Waals surface area contributed by atoms with Crippen LogP contribution in [0.3, 0.4) is 0 Å². The Morgan fingerprint density at radius 2 is 1.77 bits per heavy atom. The van der Waals surface area contributed by atoms with Gasteiger partial charge >= 0.3 is 11.9 Å². The molecule has 1 aliphatic heterocycles. The van der Waals surface area contributed by atoms with Crippen LogP contribution in [0.1, 0.15) is 0 Å². The maximum Gasteiger partial charge on any atom is 0.355 e. The summed E-state index contributed by atoms with van der Waals surface area (Å²) in [4.78, 5) is 40.7. The second-order valence-electron chi connectivity index (χ2n) is 5.38. The lowest BCUT2D eigenvalue weighted by atomic mass is 10.1. The number of anilines is 1. The number of nitrogens with zero attached hydrogens (tertiary/aromatic N) is 1. The van der Waals surface area contributed by atoms with Gasteiger partial charge in [0.25, 0.3) is 0 Å². The van der Waals surface area contributed by atoms with E-state index in [2.05, 4.69) is 4.98 Å². The van der Waals surface area contributed by atoms with Gasteiger partial charge in [-0.15, -0.1) is 0 Å². The molecule has 0 aliphatic carbocycles. The molecule has 0 amide bonds. The number of allylic oxidation sites excluding steroid dienone is 2. The third-order valence-corrected chi connectivity index (χ3v) is 3.89. The first kappa shape index (κ1) is 17.2. The molecule has 0 bridgehead atoms. The summed E-state index contributed by atoms with van der Waals surface area (Å²) in [6.07, 6.45) is 6.36. The molecule has 7 nitrogen and oxygen atoms in total. The summed E-state index contributed by atoms with van der Waals surface area (Å²) in [7, 11) is 2.46. The van der Waals surface area contributed by atoms with Crippen LogP contribution in [0.5, 0.6) is 0 Å². The number of aromatic amines is 1. The van der Waals surface area contributed by atoms with Gasteiger partial charge in [-0.05, 0) is 24.3 Å². The van der Waals surface area contributed by atoms with E-state index >= 15 is 0 Å². The smallest absolute Gasteiger partial charge is 0.355 e. The normalized spacial score (nSPS) is 13.7. The second-order valence-corrected chi connectivity index (χ2v) is 5.38. The van der Waals surface area contributed by atoms with Gasteiger partial charge in [0.15, 0.2) is 0 Å². The van der Waals surface area contributed by atoms with Crippen molar-refractivity contribution in [2.24, 2.45) is 0 Å². The summed E-state index contributed by atoms with van der Waals surface area (Å²) in [5, 5.41) is 0.775. The number of hydrogen-bond acceptors (Lipinski definition) is 6. The number of methoxy groups -OCH3 is 2. The first-order chi connectivity index (χ1) is 12.6. The van der Waals surface area contributed by atoms with E-state index in [0.29, 0.717) is 11.2 Å². The highest BCUT2D eigenvalue weighted by Gasteiger charge is 2.28. The van der Waals surface area contributed by atoms with E-state index in [1.807, 2.05) is 6.07 Å². The van der Waals surface area contributed by atoms with E-state index in [1.165, 1.54) is 31.3 Å². The van der Waals surface area contributed by atoms with Crippen molar-refractivity contribution in [3.05, 3.63) is 76.4 Å². The lowest BCUT2D eigenvalue weighted by molar-refractivity contribution is -0.139. The van der Waals surface area contributed by atoms with Crippen LogP contribution in [0.25, 0.3) is 10.9 Å². The van der Waals surface area contributed by atoms with E-state index < -0.39 is 11.9 Å². The summed E-state index contributed by atoms with van der Waals surface area (Å²) in [6.45, 7) is 0. The van der Waals surface area contributed by atoms with Crippen LogP contribution in [-0.4, -0.2) is 31.1 Å². The van der Waals surface area contributed by atoms with Crippen molar-refractivity contribution in [1.82, 2.24) is 4.98 Å². The molecule has 1 aromatic carbocycles. The molecule has 1 aliphatic rings. The molecular formula is C19H16N2O5. The van der Waals surface area contributed by atoms with Crippen LogP contribution in [0, 0.1) is 0 Å². The molecule has 1 aromatic heterocycles. The maximum absolute atomic E-state index is 12.5. The molecule has 132 valence electrons. The quantitative estimate of drug-likeness (QED) is 0.850. The Hall–Kier alpha value is -3.61. The standard InChI is InChI=1S/C19H16N2O5/c1-25-18(23)13-7-3-4-11-21(17(13)19(24)26-2)14-8-5-6-12-9-10-15(22)20-16(12)14/h3-11H,1-2H3,(H,20,22). The number of para-hydroxylation sites is 1. The Labute approximate surface area is 148 Å². The van der Waals surface area contributed by atoms with Gasteiger partial charge in [-0.2, -0.15) is 0 Å². The molecule has 2 aromatic rings. The average Bonchev–Trinajstić information content (AvgIpc) is 2.89. The fourth-order valence-electron chi connectivity index (χ4n) is 2.71. The van der Waals surface area contributed by atoms with E-state index in [4.69, 9.17) is 9.47 Å². The summed E-state index contributed by atoms with van der Waals surface area (Å²) in [5.74, 6) is -1.39. The Balaban J connectivity index is 2.31. The number of carbonyl (C=O) groups is 2. The predicted octanol–water partition coefficient (Wildman–Crippen LogP) is 2.02. The Kier molecular flexibility index (Phi) is 4.70. The predicted molar refractivity (Wildman–Crippen MR) is 96.4 cm³/mol. The SMILES string of the molecule is COC(=O)C1=C(C(=O)OC)N(c2cccc3ccc(=O)[nH]c23)C=CC=C1. The highest BCUT2D eigenvalue weighted by atomic mass is 16.5. The molecule has 0 atom stereocenters. The molecule has 0 saturated carbocycles. The third kappa shape index (κ3) is 3.02. The number of ether oxygens (including phenoxy) is 2. The van der Waals surface area contributed by atoms with Crippen LogP contribution < -0.4 is 10.5 Å². The van der Waals surface area contributed by atoms with Gasteiger partial charge in [0.2, 0.25) is 5.56 Å². The largest absolute Gasteiger partial charge is 0.465 e. The minimum Gasteiger partial charge on any atom is -0.465 e. The van der Waals surface area contributed by atoms with Gasteiger partial charge in [-0.3, -0.25) is 4.79 Å². The number of fused-ring (bicyclic) bond motifs is 1. The van der Waals surface area contributed by atoms with Crippen molar-refractivity contribution in [3.8, 4) is 0 Å². The van der Waals surface area contributed by atoms with E-state index in [1.54, 1.807) is 36.6 Å². The van der Waals surface area contributed by atoms with Gasteiger partial charge in [0, 0.05) is 17.7 Å². The number of nitrogens with one attached hydrogen (secondary N) is 1. The number of hydrogen-bond donors (Lipinski definition) is 1. The summed E-state index contributed by atoms with van der Waals surface area (Å²) in [6, 6.07) is 8.45. The highest BCUT2D eigenvalue weighted by Crippen LogP contribution is 2.30. The number of rotatable bonds is 3. The average molecular weight is 352 g/mol. The number of pyridine rings is 1. The molecule has 0 spiro atoms. The first-order valence-corrected chi connectivity index (χ1v) is 7.74. The summed E-state index contributed by atoms with van der Waals surface area (Å²) >= 11 is 0. The molecule has 0 saturated heterocycles. The molecule has 0 unspecified atom stereocenters. The summed E-state index contributed by atoms with van der Waals surface area (Å²) in [5.41, 5.74) is 0.791.